The molecule has 0 bridgehead atoms. The summed E-state index contributed by atoms with van der Waals surface area (Å²) in [6, 6.07) is 14.7. The van der Waals surface area contributed by atoms with Crippen LogP contribution in [-0.4, -0.2) is 21.6 Å². The molecule has 1 aromatic heterocycles. The van der Waals surface area contributed by atoms with Crippen molar-refractivity contribution in [2.45, 2.75) is 13.0 Å². The molecule has 0 saturated heterocycles. The van der Waals surface area contributed by atoms with E-state index in [1.165, 1.54) is 11.6 Å². The van der Waals surface area contributed by atoms with E-state index < -0.39 is 11.9 Å². The number of nitrogens with two attached hydrogens (primary N) is 1. The third kappa shape index (κ3) is 2.94. The molecule has 5 nitrogen and oxygen atoms in total. The molecule has 5 heteroatoms. The number of fused-ring (bicyclic) bond motifs is 1. The van der Waals surface area contributed by atoms with Crippen molar-refractivity contribution in [3.05, 3.63) is 71.4 Å². The lowest BCUT2D eigenvalue weighted by Crippen LogP contribution is -2.10. The lowest BCUT2D eigenvalue weighted by atomic mass is 10.1. The number of aryl methyl sites for hydroxylation is 2. The van der Waals surface area contributed by atoms with Crippen LogP contribution in [0.3, 0.4) is 0 Å². The first kappa shape index (κ1) is 14.8. The number of hydrogen-bond acceptors (Lipinski definition) is 2. The van der Waals surface area contributed by atoms with Crippen LogP contribution < -0.4 is 5.73 Å². The van der Waals surface area contributed by atoms with Gasteiger partial charge in [0.05, 0.1) is 11.1 Å². The van der Waals surface area contributed by atoms with Crippen molar-refractivity contribution in [1.82, 2.24) is 4.57 Å². The van der Waals surface area contributed by atoms with Crippen LogP contribution in [0.15, 0.2) is 54.7 Å². The van der Waals surface area contributed by atoms with Crippen LogP contribution >= 0.6 is 0 Å². The largest absolute Gasteiger partial charge is 0.478 e. The Bertz CT molecular complexity index is 882. The summed E-state index contributed by atoms with van der Waals surface area (Å²) in [5, 5.41) is 9.83. The van der Waals surface area contributed by atoms with E-state index in [9.17, 15) is 9.59 Å². The SMILES string of the molecule is NC(=O)c1cn(CCc2ccccc2)c2cc(C(=O)O)ccc12. The van der Waals surface area contributed by atoms with Crippen LogP contribution in [0.1, 0.15) is 26.3 Å². The number of rotatable bonds is 5. The zero-order chi connectivity index (χ0) is 16.4. The summed E-state index contributed by atoms with van der Waals surface area (Å²) in [6.45, 7) is 0.636. The first-order valence-corrected chi connectivity index (χ1v) is 7.26. The number of aromatic carboxylic acids is 1. The highest BCUT2D eigenvalue weighted by molar-refractivity contribution is 6.07. The zero-order valence-electron chi connectivity index (χ0n) is 12.4. The standard InChI is InChI=1S/C18H16N2O3/c19-17(21)15-11-20(9-8-12-4-2-1-3-5-12)16-10-13(18(22)23)6-7-14(15)16/h1-7,10-11H,8-9H2,(H2,19,21)(H,22,23). The fourth-order valence-corrected chi connectivity index (χ4v) is 2.70. The molecule has 0 aliphatic rings. The maximum absolute atomic E-state index is 11.6. The molecule has 0 fully saturated rings. The number of amides is 1. The first-order valence-electron chi connectivity index (χ1n) is 7.26. The second-order valence-electron chi connectivity index (χ2n) is 5.37. The number of carbonyl (C=O) groups excluding carboxylic acids is 1. The average Bonchev–Trinajstić information content (AvgIpc) is 2.92. The van der Waals surface area contributed by atoms with Crippen LogP contribution in [0.5, 0.6) is 0 Å². The third-order valence-electron chi connectivity index (χ3n) is 3.88. The molecule has 3 N–H and O–H groups in total. The Morgan fingerprint density at radius 1 is 1.09 bits per heavy atom. The van der Waals surface area contributed by atoms with E-state index in [0.717, 1.165) is 6.42 Å². The fraction of sp³-hybridized carbons (Fsp3) is 0.111. The number of aromatic nitrogens is 1. The van der Waals surface area contributed by atoms with Gasteiger partial charge >= 0.3 is 5.97 Å². The predicted molar refractivity (Wildman–Crippen MR) is 87.6 cm³/mol. The molecule has 0 aliphatic carbocycles. The Morgan fingerprint density at radius 3 is 2.48 bits per heavy atom. The van der Waals surface area contributed by atoms with Crippen molar-refractivity contribution < 1.29 is 14.7 Å². The number of primary amides is 1. The van der Waals surface area contributed by atoms with Crippen molar-refractivity contribution in [3.8, 4) is 0 Å². The highest BCUT2D eigenvalue weighted by atomic mass is 16.4. The lowest BCUT2D eigenvalue weighted by Gasteiger charge is -2.06. The second-order valence-corrected chi connectivity index (χ2v) is 5.37. The highest BCUT2D eigenvalue weighted by Gasteiger charge is 2.14. The minimum absolute atomic E-state index is 0.188. The van der Waals surface area contributed by atoms with E-state index in [1.807, 2.05) is 34.9 Å². The molecule has 2 aromatic carbocycles. The van der Waals surface area contributed by atoms with Crippen LogP contribution in [0.2, 0.25) is 0 Å². The van der Waals surface area contributed by atoms with Crippen molar-refractivity contribution >= 4 is 22.8 Å². The van der Waals surface area contributed by atoms with E-state index in [4.69, 9.17) is 10.8 Å². The smallest absolute Gasteiger partial charge is 0.335 e. The summed E-state index contributed by atoms with van der Waals surface area (Å²) >= 11 is 0. The van der Waals surface area contributed by atoms with E-state index in [1.54, 1.807) is 18.3 Å². The minimum Gasteiger partial charge on any atom is -0.478 e. The molecule has 23 heavy (non-hydrogen) atoms. The summed E-state index contributed by atoms with van der Waals surface area (Å²) in [7, 11) is 0. The van der Waals surface area contributed by atoms with Gasteiger partial charge in [-0.15, -0.1) is 0 Å². The Labute approximate surface area is 133 Å². The summed E-state index contributed by atoms with van der Waals surface area (Å²) in [5.41, 5.74) is 7.90. The van der Waals surface area contributed by atoms with Crippen molar-refractivity contribution in [2.75, 3.05) is 0 Å². The summed E-state index contributed by atoms with van der Waals surface area (Å²) in [5.74, 6) is -1.51. The van der Waals surface area contributed by atoms with Gasteiger partial charge < -0.3 is 15.4 Å². The normalized spacial score (nSPS) is 10.8. The van der Waals surface area contributed by atoms with Crippen molar-refractivity contribution in [2.24, 2.45) is 5.73 Å². The molecule has 116 valence electrons. The molecule has 1 heterocycles. The quantitative estimate of drug-likeness (QED) is 0.760. The van der Waals surface area contributed by atoms with Gasteiger partial charge in [-0.25, -0.2) is 4.79 Å². The topological polar surface area (TPSA) is 85.3 Å². The van der Waals surface area contributed by atoms with Crippen LogP contribution in [-0.2, 0) is 13.0 Å². The molecule has 0 aliphatic heterocycles. The monoisotopic (exact) mass is 308 g/mol. The number of carbonyl (C=O) groups is 2. The van der Waals surface area contributed by atoms with E-state index >= 15 is 0 Å². The summed E-state index contributed by atoms with van der Waals surface area (Å²) < 4.78 is 1.88. The minimum atomic E-state index is -0.997. The zero-order valence-corrected chi connectivity index (χ0v) is 12.4. The Hall–Kier alpha value is -3.08. The lowest BCUT2D eigenvalue weighted by molar-refractivity contribution is 0.0696. The molecule has 0 unspecified atom stereocenters. The van der Waals surface area contributed by atoms with Gasteiger partial charge in [0.15, 0.2) is 0 Å². The molecule has 1 amide bonds. The number of hydrogen-bond donors (Lipinski definition) is 2. The van der Waals surface area contributed by atoms with E-state index in [2.05, 4.69) is 0 Å². The summed E-state index contributed by atoms with van der Waals surface area (Å²) in [4.78, 5) is 22.8. The Kier molecular flexibility index (Phi) is 3.85. The van der Waals surface area contributed by atoms with Gasteiger partial charge in [-0.2, -0.15) is 0 Å². The summed E-state index contributed by atoms with van der Waals surface area (Å²) in [6.07, 6.45) is 2.47. The number of carboxylic acids is 1. The number of nitrogens with zero attached hydrogens (tertiary/aromatic N) is 1. The predicted octanol–water partition coefficient (Wildman–Crippen LogP) is 2.68. The van der Waals surface area contributed by atoms with Gasteiger partial charge in [0, 0.05) is 23.6 Å². The Morgan fingerprint density at radius 2 is 1.83 bits per heavy atom. The van der Waals surface area contributed by atoms with Gasteiger partial charge in [-0.3, -0.25) is 4.79 Å². The first-order chi connectivity index (χ1) is 11.1. The molecular weight excluding hydrogens is 292 g/mol. The molecule has 0 saturated carbocycles. The van der Waals surface area contributed by atoms with Crippen molar-refractivity contribution in [1.29, 1.82) is 0 Å². The maximum atomic E-state index is 11.6. The molecule has 3 aromatic rings. The molecule has 0 spiro atoms. The van der Waals surface area contributed by atoms with Crippen molar-refractivity contribution in [3.63, 3.8) is 0 Å². The number of carboxylic acid groups (broad SMARTS) is 1. The average molecular weight is 308 g/mol. The molecule has 0 atom stereocenters. The molecule has 3 rings (SSSR count). The Balaban J connectivity index is 2.02. The van der Waals surface area contributed by atoms with Gasteiger partial charge in [0.2, 0.25) is 0 Å². The van der Waals surface area contributed by atoms with Gasteiger partial charge in [0.25, 0.3) is 5.91 Å². The van der Waals surface area contributed by atoms with E-state index in [0.29, 0.717) is 23.0 Å². The molecular formula is C18H16N2O3. The van der Waals surface area contributed by atoms with Crippen LogP contribution in [0, 0.1) is 0 Å². The van der Waals surface area contributed by atoms with Gasteiger partial charge in [-0.1, -0.05) is 36.4 Å². The number of benzene rings is 2. The second kappa shape index (κ2) is 5.96. The fourth-order valence-electron chi connectivity index (χ4n) is 2.70. The van der Waals surface area contributed by atoms with Gasteiger partial charge in [-0.05, 0) is 24.1 Å². The highest BCUT2D eigenvalue weighted by Crippen LogP contribution is 2.23. The van der Waals surface area contributed by atoms with Gasteiger partial charge in [0.1, 0.15) is 0 Å². The van der Waals surface area contributed by atoms with Crippen LogP contribution in [0.4, 0.5) is 0 Å². The van der Waals surface area contributed by atoms with Crippen LogP contribution in [0.25, 0.3) is 10.9 Å². The van der Waals surface area contributed by atoms with E-state index in [-0.39, 0.29) is 5.56 Å². The molecule has 0 radical (unpaired) electrons. The maximum Gasteiger partial charge on any atom is 0.335 e. The third-order valence-corrected chi connectivity index (χ3v) is 3.88.